The van der Waals surface area contributed by atoms with E-state index in [1.165, 1.54) is 6.92 Å². The summed E-state index contributed by atoms with van der Waals surface area (Å²) < 4.78 is 64.2. The maximum absolute atomic E-state index is 13.5. The third kappa shape index (κ3) is 2.24. The first-order valence-corrected chi connectivity index (χ1v) is 8.51. The molecule has 5 atom stereocenters. The fraction of sp³-hybridized carbons (Fsp3) is 0.900. The van der Waals surface area contributed by atoms with Gasteiger partial charge in [-0.3, -0.25) is 9.22 Å². The molecular weight excluding hydrogens is 350 g/mol. The van der Waals surface area contributed by atoms with Crippen LogP contribution in [0.15, 0.2) is 0 Å². The molecule has 126 valence electrons. The van der Waals surface area contributed by atoms with Crippen LogP contribution in [0.25, 0.3) is 0 Å². The first-order chi connectivity index (χ1) is 10.1. The second-order valence-corrected chi connectivity index (χ2v) is 8.19. The number of carbonyl (C=O) groups excluding carboxylic acids is 1. The van der Waals surface area contributed by atoms with Gasteiger partial charge in [-0.05, 0) is 19.8 Å². The number of halogens is 2. The van der Waals surface area contributed by atoms with E-state index >= 15 is 0 Å². The van der Waals surface area contributed by atoms with Gasteiger partial charge in [-0.25, -0.2) is 4.79 Å². The second kappa shape index (κ2) is 4.98. The summed E-state index contributed by atoms with van der Waals surface area (Å²) >= 11 is -0.815. The zero-order valence-corrected chi connectivity index (χ0v) is 12.7. The van der Waals surface area contributed by atoms with Gasteiger partial charge in [0, 0.05) is 11.8 Å². The topological polar surface area (TPSA) is 111 Å². The predicted molar refractivity (Wildman–Crippen MR) is 63.0 cm³/mol. The van der Waals surface area contributed by atoms with E-state index in [2.05, 4.69) is 9.37 Å². The lowest BCUT2D eigenvalue weighted by molar-refractivity contribution is -0.777. The van der Waals surface area contributed by atoms with Crippen LogP contribution in [-0.4, -0.2) is 36.6 Å². The van der Waals surface area contributed by atoms with Gasteiger partial charge < -0.3 is 9.99 Å². The van der Waals surface area contributed by atoms with Crippen LogP contribution < -0.4 is 5.26 Å². The molecule has 12 heteroatoms. The third-order valence-electron chi connectivity index (χ3n) is 4.60. The zero-order chi connectivity index (χ0) is 16.3. The van der Waals surface area contributed by atoms with Crippen molar-refractivity contribution in [3.05, 3.63) is 0 Å². The molecule has 22 heavy (non-hydrogen) atoms. The van der Waals surface area contributed by atoms with E-state index in [-0.39, 0.29) is 11.8 Å². The molecule has 3 fully saturated rings. The monoisotopic (exact) mass is 361 g/mol. The lowest BCUT2D eigenvalue weighted by Gasteiger charge is -2.36. The lowest BCUT2D eigenvalue weighted by atomic mass is 9.84. The molecule has 0 amide bonds. The number of alkyl halides is 2. The van der Waals surface area contributed by atoms with E-state index in [1.54, 1.807) is 0 Å². The Morgan fingerprint density at radius 3 is 2.77 bits per heavy atom. The van der Waals surface area contributed by atoms with Crippen molar-refractivity contribution >= 4 is 28.1 Å². The molecule has 1 heterocycles. The van der Waals surface area contributed by atoms with Gasteiger partial charge in [0.2, 0.25) is 0 Å². The van der Waals surface area contributed by atoms with Crippen LogP contribution in [-0.2, 0) is 33.2 Å². The van der Waals surface area contributed by atoms with Crippen LogP contribution in [0.4, 0.5) is 8.78 Å². The largest absolute Gasteiger partial charge is 0.691 e. The molecule has 0 aromatic rings. The lowest BCUT2D eigenvalue weighted by Crippen LogP contribution is -2.52. The Hall–Kier alpha value is -0.530. The second-order valence-electron chi connectivity index (χ2n) is 5.69. The normalized spacial score (nSPS) is 41.8. The molecular formula is C10H11F2O8S2-. The molecule has 1 aliphatic heterocycles. The number of hydrogen-bond donors (Lipinski definition) is 0. The molecule has 0 aromatic carbocycles. The zero-order valence-electron chi connectivity index (χ0n) is 11.1. The van der Waals surface area contributed by atoms with Crippen LogP contribution in [0, 0.1) is 11.8 Å². The third-order valence-corrected chi connectivity index (χ3v) is 7.06. The van der Waals surface area contributed by atoms with Crippen LogP contribution in [0.3, 0.4) is 0 Å². The molecule has 0 aromatic heterocycles. The number of carbonyl (C=O) groups is 1. The number of rotatable bonds is 5. The fourth-order valence-electron chi connectivity index (χ4n) is 3.81. The molecule has 2 aliphatic carbocycles. The minimum Gasteiger partial charge on any atom is -0.691 e. The molecule has 3 aliphatic rings. The molecule has 5 unspecified atom stereocenters. The van der Waals surface area contributed by atoms with Crippen molar-refractivity contribution in [3.8, 4) is 0 Å². The average molecular weight is 361 g/mol. The summed E-state index contributed by atoms with van der Waals surface area (Å²) in [6, 6.07) is 0. The van der Waals surface area contributed by atoms with Crippen molar-refractivity contribution in [1.82, 2.24) is 0 Å². The standard InChI is InChI=1S/C10H12F2O8S2/c1-9(17-8(13)10(11,12)21-20-19-14)4-2-5-6(3-4)18-22(15,16)7(5)9/h4-7,14H,2-3H2,1H3/p-1. The number of fused-ring (bicyclic) bond motifs is 1. The quantitative estimate of drug-likeness (QED) is 0.218. The van der Waals surface area contributed by atoms with Gasteiger partial charge in [-0.15, -0.1) is 0 Å². The summed E-state index contributed by atoms with van der Waals surface area (Å²) in [5.74, 6) is -2.75. The molecule has 0 radical (unpaired) electrons. The van der Waals surface area contributed by atoms with Crippen LogP contribution in [0.5, 0.6) is 0 Å². The SMILES string of the molecule is CC1(OC(=O)C(F)(F)SOO[O-])C2CC3OS(=O)(=O)C1C3C2. The van der Waals surface area contributed by atoms with Gasteiger partial charge in [0.15, 0.2) is 0 Å². The highest BCUT2D eigenvalue weighted by Crippen LogP contribution is 2.60. The maximum atomic E-state index is 13.5. The van der Waals surface area contributed by atoms with E-state index < -0.39 is 50.3 Å². The van der Waals surface area contributed by atoms with Crippen LogP contribution in [0.1, 0.15) is 19.8 Å². The predicted octanol–water partition coefficient (Wildman–Crippen LogP) is -0.110. The first-order valence-electron chi connectivity index (χ1n) is 6.29. The molecule has 8 nitrogen and oxygen atoms in total. The summed E-state index contributed by atoms with van der Waals surface area (Å²) in [6.45, 7) is 1.31. The van der Waals surface area contributed by atoms with E-state index in [0.717, 1.165) is 0 Å². The van der Waals surface area contributed by atoms with Crippen molar-refractivity contribution in [1.29, 1.82) is 0 Å². The van der Waals surface area contributed by atoms with Gasteiger partial charge in [-0.2, -0.15) is 21.5 Å². The Labute approximate surface area is 128 Å². The summed E-state index contributed by atoms with van der Waals surface area (Å²) in [5, 5.41) is 6.97. The van der Waals surface area contributed by atoms with Crippen molar-refractivity contribution in [2.75, 3.05) is 0 Å². The average Bonchev–Trinajstić information content (AvgIpc) is 2.96. The number of ether oxygens (including phenoxy) is 1. The summed E-state index contributed by atoms with van der Waals surface area (Å²) in [4.78, 5) is 11.6. The number of hydrogen-bond acceptors (Lipinski definition) is 9. The highest BCUT2D eigenvalue weighted by Gasteiger charge is 2.72. The van der Waals surface area contributed by atoms with Crippen molar-refractivity contribution in [2.45, 2.75) is 42.0 Å². The smallest absolute Gasteiger partial charge is 0.415 e. The van der Waals surface area contributed by atoms with E-state index in [1.807, 2.05) is 0 Å². The Kier molecular flexibility index (Phi) is 3.70. The van der Waals surface area contributed by atoms with Gasteiger partial charge in [0.1, 0.15) is 22.9 Å². The summed E-state index contributed by atoms with van der Waals surface area (Å²) in [7, 11) is -3.98. The highest BCUT2D eigenvalue weighted by atomic mass is 32.2. The van der Waals surface area contributed by atoms with Gasteiger partial charge in [0.25, 0.3) is 10.1 Å². The van der Waals surface area contributed by atoms with E-state index in [4.69, 9.17) is 8.92 Å². The maximum Gasteiger partial charge on any atom is 0.415 e. The van der Waals surface area contributed by atoms with Gasteiger partial charge >= 0.3 is 11.2 Å². The molecule has 0 spiro atoms. The van der Waals surface area contributed by atoms with Gasteiger partial charge in [0.05, 0.1) is 6.10 Å². The van der Waals surface area contributed by atoms with Gasteiger partial charge in [-0.1, -0.05) is 0 Å². The van der Waals surface area contributed by atoms with E-state index in [0.29, 0.717) is 12.8 Å². The Balaban J connectivity index is 1.81. The number of esters is 1. The highest BCUT2D eigenvalue weighted by molar-refractivity contribution is 7.96. The Morgan fingerprint density at radius 2 is 2.14 bits per heavy atom. The minimum absolute atomic E-state index is 0.322. The van der Waals surface area contributed by atoms with Crippen molar-refractivity contribution < 1.29 is 45.5 Å². The molecule has 0 N–H and O–H groups in total. The summed E-state index contributed by atoms with van der Waals surface area (Å²) in [5.41, 5.74) is -1.60. The Morgan fingerprint density at radius 1 is 1.45 bits per heavy atom. The summed E-state index contributed by atoms with van der Waals surface area (Å²) in [6.07, 6.45) is 0.277. The minimum atomic E-state index is -4.21. The van der Waals surface area contributed by atoms with Crippen molar-refractivity contribution in [3.63, 3.8) is 0 Å². The van der Waals surface area contributed by atoms with Crippen LogP contribution >= 0.6 is 12.0 Å². The van der Waals surface area contributed by atoms with E-state index in [9.17, 15) is 27.3 Å². The van der Waals surface area contributed by atoms with Crippen molar-refractivity contribution in [2.24, 2.45) is 11.8 Å². The molecule has 3 rings (SSSR count). The molecule has 2 bridgehead atoms. The van der Waals surface area contributed by atoms with Crippen LogP contribution in [0.2, 0.25) is 0 Å². The fourth-order valence-corrected chi connectivity index (χ4v) is 6.25. The Bertz CT molecular complexity index is 594. The first kappa shape index (κ1) is 16.3. The molecule has 1 saturated heterocycles. The molecule has 2 saturated carbocycles.